The summed E-state index contributed by atoms with van der Waals surface area (Å²) >= 11 is 6.46. The Bertz CT molecular complexity index is 1690. The van der Waals surface area contributed by atoms with Crippen molar-refractivity contribution in [3.63, 3.8) is 0 Å². The number of hydrogen-bond acceptors (Lipinski definition) is 7. The van der Waals surface area contributed by atoms with Gasteiger partial charge in [-0.1, -0.05) is 36.7 Å². The van der Waals surface area contributed by atoms with Crippen LogP contribution in [0.2, 0.25) is 5.02 Å². The zero-order chi connectivity index (χ0) is 33.8. The summed E-state index contributed by atoms with van der Waals surface area (Å²) in [7, 11) is -2.21. The molecule has 0 unspecified atom stereocenters. The summed E-state index contributed by atoms with van der Waals surface area (Å²) in [6, 6.07) is 11.5. The number of rotatable bonds is 4. The van der Waals surface area contributed by atoms with E-state index in [1.165, 1.54) is 11.1 Å². The molecule has 5 aliphatic rings. The second-order valence-corrected chi connectivity index (χ2v) is 17.8. The van der Waals surface area contributed by atoms with Crippen LogP contribution in [-0.2, 0) is 26.6 Å². The second kappa shape index (κ2) is 12.9. The molecule has 7 rings (SSSR count). The number of anilines is 1. The molecular formula is C38H49ClN2O6S. The normalized spacial score (nSPS) is 34.4. The average Bonchev–Trinajstić information content (AvgIpc) is 3.91. The fourth-order valence-electron chi connectivity index (χ4n) is 8.85. The maximum Gasteiger partial charge on any atom is 0.264 e. The van der Waals surface area contributed by atoms with Gasteiger partial charge >= 0.3 is 0 Å². The molecule has 7 atom stereocenters. The van der Waals surface area contributed by atoms with Crippen molar-refractivity contribution in [2.75, 3.05) is 31.7 Å². The molecule has 2 heterocycles. The number of ether oxygens (including phenoxy) is 2. The zero-order valence-electron chi connectivity index (χ0n) is 28.3. The van der Waals surface area contributed by atoms with Gasteiger partial charge in [-0.15, -0.1) is 0 Å². The number of carbonyl (C=O) groups is 1. The Morgan fingerprint density at radius 2 is 1.96 bits per heavy atom. The largest absolute Gasteiger partial charge is 0.490 e. The summed E-state index contributed by atoms with van der Waals surface area (Å²) in [6.45, 7) is 5.46. The van der Waals surface area contributed by atoms with E-state index in [0.29, 0.717) is 37.7 Å². The highest BCUT2D eigenvalue weighted by molar-refractivity contribution is 7.90. The van der Waals surface area contributed by atoms with Gasteiger partial charge in [0.15, 0.2) is 0 Å². The first kappa shape index (κ1) is 33.9. The van der Waals surface area contributed by atoms with E-state index in [4.69, 9.17) is 21.1 Å². The van der Waals surface area contributed by atoms with Gasteiger partial charge in [-0.05, 0) is 123 Å². The van der Waals surface area contributed by atoms with Gasteiger partial charge < -0.3 is 19.5 Å². The van der Waals surface area contributed by atoms with Crippen LogP contribution in [0.15, 0.2) is 48.6 Å². The van der Waals surface area contributed by atoms with E-state index in [1.54, 1.807) is 26.2 Å². The Kier molecular flexibility index (Phi) is 9.14. The third kappa shape index (κ3) is 6.29. The number of aliphatic hydroxyl groups excluding tert-OH is 1. The minimum atomic E-state index is -3.96. The van der Waals surface area contributed by atoms with Gasteiger partial charge in [0.1, 0.15) is 5.75 Å². The van der Waals surface area contributed by atoms with Gasteiger partial charge in [0.2, 0.25) is 10.0 Å². The van der Waals surface area contributed by atoms with Crippen LogP contribution in [0.1, 0.15) is 86.7 Å². The van der Waals surface area contributed by atoms with Crippen molar-refractivity contribution >= 4 is 33.2 Å². The number of benzene rings is 2. The number of nitrogens with one attached hydrogen (secondary N) is 1. The highest BCUT2D eigenvalue weighted by Gasteiger charge is 2.51. The Morgan fingerprint density at radius 3 is 2.69 bits per heavy atom. The van der Waals surface area contributed by atoms with Crippen molar-refractivity contribution in [2.45, 2.75) is 94.0 Å². The lowest BCUT2D eigenvalue weighted by Gasteiger charge is -2.51. The Labute approximate surface area is 290 Å². The molecule has 2 N–H and O–H groups in total. The number of fused-ring (bicyclic) bond motifs is 4. The molecule has 260 valence electrons. The number of aliphatic hydroxyl groups is 1. The molecule has 1 spiro atoms. The van der Waals surface area contributed by atoms with Crippen molar-refractivity contribution in [1.82, 2.24) is 4.72 Å². The molecule has 2 aliphatic heterocycles. The van der Waals surface area contributed by atoms with Crippen molar-refractivity contribution in [2.24, 2.45) is 23.7 Å². The smallest absolute Gasteiger partial charge is 0.264 e. The SMILES string of the molecule is CO[C@@]1(C[C@@H](O)C2CC2)/C=C/C[C@H](C)[C@@H](C)S(=O)(=O)NC(=O)c2ccc3c(c2)N(C[C@@H]2CC[C@H]21)C[C@@]1(CCCc2cc(Cl)ccc21)CO3. The number of amides is 1. The van der Waals surface area contributed by atoms with Crippen LogP contribution in [0, 0.1) is 23.7 Å². The number of methoxy groups -OCH3 is 1. The van der Waals surface area contributed by atoms with Crippen LogP contribution in [0.4, 0.5) is 5.69 Å². The molecule has 8 nitrogen and oxygen atoms in total. The third-order valence-corrected chi connectivity index (χ3v) is 14.5. The van der Waals surface area contributed by atoms with Crippen LogP contribution in [-0.4, -0.2) is 63.2 Å². The first-order valence-corrected chi connectivity index (χ1v) is 19.6. The second-order valence-electron chi connectivity index (χ2n) is 15.3. The molecule has 10 heteroatoms. The van der Waals surface area contributed by atoms with Crippen LogP contribution in [0.5, 0.6) is 5.75 Å². The predicted octanol–water partition coefficient (Wildman–Crippen LogP) is 6.43. The summed E-state index contributed by atoms with van der Waals surface area (Å²) in [5, 5.41) is 11.2. The summed E-state index contributed by atoms with van der Waals surface area (Å²) in [5.41, 5.74) is 2.65. The standard InChI is InChI=1S/C38H49ClN2O6S/c1-24-6-4-17-38(46-3,20-34(42)26-8-9-26)32-13-10-29(32)21-41-22-37(16-5-7-27-18-30(39)12-14-31(27)37)23-47-35-15-11-28(19-33(35)41)36(43)40-48(44,45)25(24)2/h4,11-12,14-15,17-19,24-26,29,32,34,42H,5-10,13,16,20-23H2,1-3H3,(H,40,43)/b17-4+/t24-,25+,29-,32+,34+,37-,38+/m0/s1. The third-order valence-electron chi connectivity index (χ3n) is 12.3. The number of sulfonamides is 1. The fourth-order valence-corrected chi connectivity index (χ4v) is 10.3. The van der Waals surface area contributed by atoms with E-state index >= 15 is 0 Å². The summed E-state index contributed by atoms with van der Waals surface area (Å²) in [6.07, 6.45) is 11.8. The molecule has 48 heavy (non-hydrogen) atoms. The van der Waals surface area contributed by atoms with Crippen molar-refractivity contribution < 1.29 is 27.8 Å². The maximum atomic E-state index is 13.5. The predicted molar refractivity (Wildman–Crippen MR) is 188 cm³/mol. The van der Waals surface area contributed by atoms with Gasteiger partial charge in [0.05, 0.1) is 29.2 Å². The minimum Gasteiger partial charge on any atom is -0.490 e. The molecule has 3 aliphatic carbocycles. The van der Waals surface area contributed by atoms with Gasteiger partial charge in [-0.25, -0.2) is 13.1 Å². The van der Waals surface area contributed by atoms with E-state index in [1.807, 2.05) is 25.1 Å². The Morgan fingerprint density at radius 1 is 1.15 bits per heavy atom. The van der Waals surface area contributed by atoms with E-state index in [-0.39, 0.29) is 28.7 Å². The maximum absolute atomic E-state index is 13.5. The van der Waals surface area contributed by atoms with E-state index in [2.05, 4.69) is 27.8 Å². The molecule has 2 aromatic carbocycles. The topological polar surface area (TPSA) is 105 Å². The van der Waals surface area contributed by atoms with E-state index < -0.39 is 32.9 Å². The number of carbonyl (C=O) groups excluding carboxylic acids is 1. The number of hydrogen-bond donors (Lipinski definition) is 2. The van der Waals surface area contributed by atoms with Gasteiger partial charge in [0.25, 0.3) is 5.91 Å². The fraction of sp³-hybridized carbons (Fsp3) is 0.605. The number of allylic oxidation sites excluding steroid dienone is 1. The van der Waals surface area contributed by atoms with Crippen molar-refractivity contribution in [1.29, 1.82) is 0 Å². The Balaban J connectivity index is 1.32. The minimum absolute atomic E-state index is 0.170. The molecule has 2 bridgehead atoms. The van der Waals surface area contributed by atoms with Crippen LogP contribution < -0.4 is 14.4 Å². The number of aryl methyl sites for hydroxylation is 1. The van der Waals surface area contributed by atoms with E-state index in [0.717, 1.165) is 62.2 Å². The molecule has 2 aromatic rings. The molecule has 2 saturated carbocycles. The summed E-state index contributed by atoms with van der Waals surface area (Å²) in [4.78, 5) is 15.9. The van der Waals surface area contributed by atoms with Gasteiger partial charge in [-0.3, -0.25) is 4.79 Å². The summed E-state index contributed by atoms with van der Waals surface area (Å²) in [5.74, 6) is 0.562. The quantitative estimate of drug-likeness (QED) is 0.355. The molecular weight excluding hydrogens is 648 g/mol. The lowest BCUT2D eigenvalue weighted by molar-refractivity contribution is -0.100. The monoisotopic (exact) mass is 696 g/mol. The Hall–Kier alpha value is -2.59. The molecule has 0 radical (unpaired) electrons. The first-order valence-electron chi connectivity index (χ1n) is 17.7. The lowest BCUT2D eigenvalue weighted by atomic mass is 9.62. The molecule has 0 aromatic heterocycles. The number of halogens is 1. The van der Waals surface area contributed by atoms with E-state index in [9.17, 15) is 18.3 Å². The van der Waals surface area contributed by atoms with Crippen LogP contribution in [0.25, 0.3) is 0 Å². The lowest BCUT2D eigenvalue weighted by Crippen LogP contribution is -2.54. The highest BCUT2D eigenvalue weighted by atomic mass is 35.5. The van der Waals surface area contributed by atoms with Gasteiger partial charge in [-0.2, -0.15) is 0 Å². The summed E-state index contributed by atoms with van der Waals surface area (Å²) < 4.78 is 42.4. The first-order chi connectivity index (χ1) is 22.9. The van der Waals surface area contributed by atoms with Crippen molar-refractivity contribution in [3.8, 4) is 5.75 Å². The van der Waals surface area contributed by atoms with Gasteiger partial charge in [0, 0.05) is 42.6 Å². The zero-order valence-corrected chi connectivity index (χ0v) is 29.9. The average molecular weight is 697 g/mol. The van der Waals surface area contributed by atoms with Crippen LogP contribution in [0.3, 0.4) is 0 Å². The molecule has 0 saturated heterocycles. The molecule has 2 fully saturated rings. The van der Waals surface area contributed by atoms with Crippen molar-refractivity contribution in [3.05, 3.63) is 70.3 Å². The molecule has 1 amide bonds. The van der Waals surface area contributed by atoms with Crippen LogP contribution >= 0.6 is 11.6 Å². The number of nitrogens with zero attached hydrogens (tertiary/aromatic N) is 1. The highest BCUT2D eigenvalue weighted by Crippen LogP contribution is 2.51.